The lowest BCUT2D eigenvalue weighted by Crippen LogP contribution is -2.42. The lowest BCUT2D eigenvalue weighted by Gasteiger charge is -2.30. The largest absolute Gasteiger partial charge is 0.393 e. The van der Waals surface area contributed by atoms with Crippen LogP contribution in [0.15, 0.2) is 17.1 Å². The molecule has 0 radical (unpaired) electrons. The van der Waals surface area contributed by atoms with Crippen LogP contribution in [0.25, 0.3) is 11.0 Å². The van der Waals surface area contributed by atoms with Crippen LogP contribution in [-0.2, 0) is 10.0 Å². The minimum atomic E-state index is -3.18. The van der Waals surface area contributed by atoms with Gasteiger partial charge in [0.05, 0.1) is 12.4 Å². The second kappa shape index (κ2) is 7.82. The summed E-state index contributed by atoms with van der Waals surface area (Å²) < 4.78 is 26.4. The molecule has 29 heavy (non-hydrogen) atoms. The molecule has 2 aliphatic rings. The lowest BCUT2D eigenvalue weighted by atomic mass is 10.1. The zero-order valence-corrected chi connectivity index (χ0v) is 17.7. The number of aliphatic hydroxyl groups excluding tert-OH is 1. The zero-order chi connectivity index (χ0) is 20.8. The Kier molecular flexibility index (Phi) is 5.54. The third kappa shape index (κ3) is 4.25. The van der Waals surface area contributed by atoms with Crippen LogP contribution >= 0.6 is 11.6 Å². The van der Waals surface area contributed by atoms with Crippen molar-refractivity contribution in [3.8, 4) is 0 Å². The lowest BCUT2D eigenvalue weighted by molar-refractivity contribution is 0.178. The highest BCUT2D eigenvalue weighted by molar-refractivity contribution is 7.88. The summed E-state index contributed by atoms with van der Waals surface area (Å²) in [7, 11) is -3.18. The molecule has 9 nitrogen and oxygen atoms in total. The SMILES string of the molecule is CS(=O)(=O)N1CCC(Nc2ncc3cc(Cl)c(=O)n([C@@H]4CC[C@@H](O)C4)c3n2)CC1. The van der Waals surface area contributed by atoms with E-state index in [1.165, 1.54) is 10.6 Å². The zero-order valence-electron chi connectivity index (χ0n) is 16.1. The maximum Gasteiger partial charge on any atom is 0.271 e. The summed E-state index contributed by atoms with van der Waals surface area (Å²) in [5.41, 5.74) is 0.175. The van der Waals surface area contributed by atoms with Gasteiger partial charge < -0.3 is 10.4 Å². The minimum absolute atomic E-state index is 0.0474. The fourth-order valence-electron chi connectivity index (χ4n) is 4.18. The molecule has 2 aromatic rings. The van der Waals surface area contributed by atoms with Crippen LogP contribution in [0.5, 0.6) is 0 Å². The Morgan fingerprint density at radius 1 is 1.24 bits per heavy atom. The molecule has 1 saturated carbocycles. The molecule has 1 saturated heterocycles. The number of hydrogen-bond acceptors (Lipinski definition) is 7. The molecule has 2 atom stereocenters. The fourth-order valence-corrected chi connectivity index (χ4v) is 5.26. The van der Waals surface area contributed by atoms with Gasteiger partial charge >= 0.3 is 0 Å². The van der Waals surface area contributed by atoms with E-state index in [4.69, 9.17) is 11.6 Å². The number of piperidine rings is 1. The van der Waals surface area contributed by atoms with Crippen molar-refractivity contribution < 1.29 is 13.5 Å². The van der Waals surface area contributed by atoms with E-state index in [1.807, 2.05) is 0 Å². The molecule has 0 aromatic carbocycles. The molecule has 2 N–H and O–H groups in total. The molecular weight excluding hydrogens is 418 g/mol. The number of nitrogens with zero attached hydrogens (tertiary/aromatic N) is 4. The number of fused-ring (bicyclic) bond motifs is 1. The van der Waals surface area contributed by atoms with E-state index >= 15 is 0 Å². The topological polar surface area (TPSA) is 117 Å². The number of pyridine rings is 1. The van der Waals surface area contributed by atoms with Crippen LogP contribution < -0.4 is 10.9 Å². The van der Waals surface area contributed by atoms with Crippen molar-refractivity contribution in [1.82, 2.24) is 18.8 Å². The highest BCUT2D eigenvalue weighted by Crippen LogP contribution is 2.31. The van der Waals surface area contributed by atoms with Gasteiger partial charge in [-0.1, -0.05) is 11.6 Å². The molecule has 158 valence electrons. The summed E-state index contributed by atoms with van der Waals surface area (Å²) in [6, 6.07) is 1.46. The third-order valence-electron chi connectivity index (χ3n) is 5.73. The minimum Gasteiger partial charge on any atom is -0.393 e. The number of anilines is 1. The maximum atomic E-state index is 12.7. The molecule has 2 fully saturated rings. The van der Waals surface area contributed by atoms with Crippen molar-refractivity contribution in [2.75, 3.05) is 24.7 Å². The molecular formula is C18H24ClN5O4S. The quantitative estimate of drug-likeness (QED) is 0.735. The van der Waals surface area contributed by atoms with Gasteiger partial charge in [-0.2, -0.15) is 4.98 Å². The van der Waals surface area contributed by atoms with Gasteiger partial charge in [-0.05, 0) is 38.2 Å². The number of rotatable bonds is 4. The van der Waals surface area contributed by atoms with Gasteiger partial charge in [-0.25, -0.2) is 17.7 Å². The molecule has 2 aromatic heterocycles. The third-order valence-corrected chi connectivity index (χ3v) is 7.30. The van der Waals surface area contributed by atoms with Gasteiger partial charge in [0, 0.05) is 36.8 Å². The highest BCUT2D eigenvalue weighted by Gasteiger charge is 2.28. The number of aromatic nitrogens is 3. The first-order valence-corrected chi connectivity index (χ1v) is 11.9. The van der Waals surface area contributed by atoms with Gasteiger partial charge in [0.1, 0.15) is 10.7 Å². The van der Waals surface area contributed by atoms with E-state index in [1.54, 1.807) is 16.8 Å². The first-order valence-electron chi connectivity index (χ1n) is 9.70. The summed E-state index contributed by atoms with van der Waals surface area (Å²) >= 11 is 6.13. The normalized spacial score (nSPS) is 24.2. The summed E-state index contributed by atoms with van der Waals surface area (Å²) in [4.78, 5) is 21.6. The first-order chi connectivity index (χ1) is 13.7. The van der Waals surface area contributed by atoms with Crippen LogP contribution in [0.2, 0.25) is 5.02 Å². The van der Waals surface area contributed by atoms with Crippen molar-refractivity contribution >= 4 is 38.6 Å². The van der Waals surface area contributed by atoms with Gasteiger partial charge in [0.25, 0.3) is 5.56 Å². The molecule has 0 bridgehead atoms. The second-order valence-corrected chi connectivity index (χ2v) is 10.2. The van der Waals surface area contributed by atoms with Crippen LogP contribution in [0.4, 0.5) is 5.95 Å². The van der Waals surface area contributed by atoms with Crippen LogP contribution in [0.1, 0.15) is 38.1 Å². The van der Waals surface area contributed by atoms with Gasteiger partial charge in [0.2, 0.25) is 16.0 Å². The molecule has 4 rings (SSSR count). The molecule has 1 aliphatic carbocycles. The number of hydrogen-bond donors (Lipinski definition) is 2. The number of aliphatic hydroxyl groups is 1. The second-order valence-electron chi connectivity index (χ2n) is 7.84. The predicted molar refractivity (Wildman–Crippen MR) is 111 cm³/mol. The Balaban J connectivity index is 1.61. The summed E-state index contributed by atoms with van der Waals surface area (Å²) in [5.74, 6) is 0.393. The molecule has 11 heteroatoms. The summed E-state index contributed by atoms with van der Waals surface area (Å²) in [6.45, 7) is 0.898. The fraction of sp³-hybridized carbons (Fsp3) is 0.611. The average molecular weight is 442 g/mol. The first kappa shape index (κ1) is 20.5. The van der Waals surface area contributed by atoms with Crippen LogP contribution in [0, 0.1) is 0 Å². The Morgan fingerprint density at radius 3 is 2.59 bits per heavy atom. The Labute approximate surface area is 173 Å². The van der Waals surface area contributed by atoms with Crippen LogP contribution in [-0.4, -0.2) is 63.9 Å². The molecule has 0 amide bonds. The Bertz CT molecular complexity index is 1080. The summed E-state index contributed by atoms with van der Waals surface area (Å²) in [6.07, 6.45) is 5.54. The van der Waals surface area contributed by atoms with Gasteiger partial charge in [-0.3, -0.25) is 9.36 Å². The van der Waals surface area contributed by atoms with Crippen molar-refractivity contribution in [2.45, 2.75) is 50.3 Å². The van der Waals surface area contributed by atoms with E-state index < -0.39 is 16.1 Å². The van der Waals surface area contributed by atoms with E-state index in [2.05, 4.69) is 15.3 Å². The van der Waals surface area contributed by atoms with E-state index in [9.17, 15) is 18.3 Å². The number of nitrogens with one attached hydrogen (secondary N) is 1. The average Bonchev–Trinajstić information content (AvgIpc) is 3.09. The Hall–Kier alpha value is -1.75. The van der Waals surface area contributed by atoms with Crippen molar-refractivity contribution in [3.63, 3.8) is 0 Å². The number of halogens is 1. The predicted octanol–water partition coefficient (Wildman–Crippen LogP) is 1.37. The van der Waals surface area contributed by atoms with Gasteiger partial charge in [0.15, 0.2) is 0 Å². The van der Waals surface area contributed by atoms with Gasteiger partial charge in [-0.15, -0.1) is 0 Å². The van der Waals surface area contributed by atoms with E-state index in [0.29, 0.717) is 62.2 Å². The monoisotopic (exact) mass is 441 g/mol. The van der Waals surface area contributed by atoms with Crippen molar-refractivity contribution in [3.05, 3.63) is 27.6 Å². The smallest absolute Gasteiger partial charge is 0.271 e. The van der Waals surface area contributed by atoms with Crippen LogP contribution in [0.3, 0.4) is 0 Å². The molecule has 0 unspecified atom stereocenters. The summed E-state index contributed by atoms with van der Waals surface area (Å²) in [5, 5.41) is 13.9. The van der Waals surface area contributed by atoms with Crippen molar-refractivity contribution in [2.24, 2.45) is 0 Å². The molecule has 0 spiro atoms. The molecule has 3 heterocycles. The molecule has 1 aliphatic heterocycles. The Morgan fingerprint density at radius 2 is 1.97 bits per heavy atom. The maximum absolute atomic E-state index is 12.7. The van der Waals surface area contributed by atoms with E-state index in [-0.39, 0.29) is 22.7 Å². The van der Waals surface area contributed by atoms with Crippen molar-refractivity contribution in [1.29, 1.82) is 0 Å². The highest BCUT2D eigenvalue weighted by atomic mass is 35.5. The van der Waals surface area contributed by atoms with E-state index in [0.717, 1.165) is 0 Å². The standard InChI is InChI=1S/C18H24ClN5O4S/c1-29(27,28)23-6-4-12(5-7-23)21-18-20-10-11-8-15(19)17(26)24(16(11)22-18)13-2-3-14(25)9-13/h8,10,12-14,25H,2-7,9H2,1H3,(H,20,21,22)/t13-,14-/m1/s1. The number of sulfonamides is 1.